The third-order valence-electron chi connectivity index (χ3n) is 6.54. The zero-order valence-corrected chi connectivity index (χ0v) is 21.6. The van der Waals surface area contributed by atoms with Gasteiger partial charge in [0, 0.05) is 19.1 Å². The molecule has 3 aromatic rings. The van der Waals surface area contributed by atoms with Gasteiger partial charge in [-0.1, -0.05) is 63.6 Å². The fraction of sp³-hybridized carbons (Fsp3) is 0.414. The lowest BCUT2D eigenvalue weighted by molar-refractivity contribution is 0.0929. The maximum absolute atomic E-state index is 13.0. The molecule has 1 amide bonds. The van der Waals surface area contributed by atoms with Crippen molar-refractivity contribution in [1.82, 2.24) is 10.2 Å². The molecule has 0 aliphatic carbocycles. The predicted molar refractivity (Wildman–Crippen MR) is 142 cm³/mol. The Morgan fingerprint density at radius 3 is 2.62 bits per heavy atom. The highest BCUT2D eigenvalue weighted by Gasteiger charge is 2.22. The van der Waals surface area contributed by atoms with E-state index < -0.39 is 0 Å². The number of methoxy groups -OCH3 is 1. The van der Waals surface area contributed by atoms with E-state index in [-0.39, 0.29) is 17.4 Å². The summed E-state index contributed by atoms with van der Waals surface area (Å²) in [5.74, 6) is 0.849. The van der Waals surface area contributed by atoms with Crippen molar-refractivity contribution < 1.29 is 9.53 Å². The molecule has 2 aromatic carbocycles. The minimum Gasteiger partial charge on any atom is -0.497 e. The number of carbonyl (C=O) groups excluding carboxylic acids is 1. The molecular weight excluding hydrogens is 440 g/mol. The van der Waals surface area contributed by atoms with Gasteiger partial charge in [-0.25, -0.2) is 0 Å². The van der Waals surface area contributed by atoms with Gasteiger partial charge < -0.3 is 10.1 Å². The Morgan fingerprint density at radius 2 is 1.88 bits per heavy atom. The number of rotatable bonds is 6. The van der Waals surface area contributed by atoms with Gasteiger partial charge in [-0.05, 0) is 70.6 Å². The van der Waals surface area contributed by atoms with Crippen molar-refractivity contribution in [2.45, 2.75) is 58.0 Å². The molecule has 0 bridgehead atoms. The fourth-order valence-electron chi connectivity index (χ4n) is 4.52. The summed E-state index contributed by atoms with van der Waals surface area (Å²) in [6, 6.07) is 19.1. The van der Waals surface area contributed by atoms with Gasteiger partial charge >= 0.3 is 0 Å². The van der Waals surface area contributed by atoms with Crippen LogP contribution < -0.4 is 10.1 Å². The van der Waals surface area contributed by atoms with Crippen molar-refractivity contribution in [1.29, 1.82) is 0 Å². The first kappa shape index (κ1) is 24.5. The maximum atomic E-state index is 13.0. The standard InChI is InChI=1S/C29H36N2O2S/c1-29(2,3)24-13-11-21(12-14-24)18-31-15-6-5-9-25(19-31)30-28(32)27-17-23(20-34-27)22-8-7-10-26(16-22)33-4/h7-8,10-14,16-17,20,25H,5-6,9,15,18-19H2,1-4H3,(H,30,32). The first-order valence-electron chi connectivity index (χ1n) is 12.2. The topological polar surface area (TPSA) is 41.6 Å². The molecule has 1 N–H and O–H groups in total. The highest BCUT2D eigenvalue weighted by Crippen LogP contribution is 2.28. The van der Waals surface area contributed by atoms with Crippen LogP contribution in [0.5, 0.6) is 5.75 Å². The molecule has 4 rings (SSSR count). The van der Waals surface area contributed by atoms with Gasteiger partial charge in [-0.3, -0.25) is 9.69 Å². The first-order valence-corrected chi connectivity index (χ1v) is 13.1. The molecule has 1 aliphatic heterocycles. The fourth-order valence-corrected chi connectivity index (χ4v) is 5.34. The molecule has 1 aliphatic rings. The Bertz CT molecular complexity index is 1100. The average Bonchev–Trinajstić information content (AvgIpc) is 3.22. The summed E-state index contributed by atoms with van der Waals surface area (Å²) in [4.78, 5) is 16.3. The van der Waals surface area contributed by atoms with Gasteiger partial charge in [0.05, 0.1) is 12.0 Å². The van der Waals surface area contributed by atoms with Crippen LogP contribution in [-0.4, -0.2) is 37.0 Å². The molecule has 34 heavy (non-hydrogen) atoms. The molecule has 1 fully saturated rings. The van der Waals surface area contributed by atoms with Crippen molar-refractivity contribution in [3.8, 4) is 16.9 Å². The van der Waals surface area contributed by atoms with Crippen LogP contribution in [0.4, 0.5) is 0 Å². The molecule has 1 saturated heterocycles. The van der Waals surface area contributed by atoms with Gasteiger partial charge in [0.1, 0.15) is 5.75 Å². The van der Waals surface area contributed by atoms with Crippen LogP contribution in [0.2, 0.25) is 0 Å². The maximum Gasteiger partial charge on any atom is 0.261 e. The number of ether oxygens (including phenoxy) is 1. The van der Waals surface area contributed by atoms with Crippen molar-refractivity contribution in [3.63, 3.8) is 0 Å². The third kappa shape index (κ3) is 6.28. The summed E-state index contributed by atoms with van der Waals surface area (Å²) >= 11 is 1.50. The molecule has 180 valence electrons. The van der Waals surface area contributed by atoms with Gasteiger partial charge in [0.15, 0.2) is 0 Å². The number of nitrogens with zero attached hydrogens (tertiary/aromatic N) is 1. The SMILES string of the molecule is COc1cccc(-c2csc(C(=O)NC3CCCCN(Cc4ccc(C(C)(C)C)cc4)C3)c2)c1. The van der Waals surface area contributed by atoms with Crippen LogP contribution in [0.15, 0.2) is 60.0 Å². The lowest BCUT2D eigenvalue weighted by atomic mass is 9.87. The molecule has 4 nitrogen and oxygen atoms in total. The van der Waals surface area contributed by atoms with Crippen LogP contribution in [-0.2, 0) is 12.0 Å². The molecule has 0 saturated carbocycles. The molecule has 5 heteroatoms. The van der Waals surface area contributed by atoms with Crippen LogP contribution in [0.1, 0.15) is 60.8 Å². The molecule has 0 radical (unpaired) electrons. The van der Waals surface area contributed by atoms with Crippen LogP contribution >= 0.6 is 11.3 Å². The van der Waals surface area contributed by atoms with E-state index in [1.54, 1.807) is 7.11 Å². The Labute approximate surface area is 208 Å². The largest absolute Gasteiger partial charge is 0.497 e. The van der Waals surface area contributed by atoms with E-state index in [0.717, 1.165) is 54.2 Å². The van der Waals surface area contributed by atoms with Crippen molar-refractivity contribution in [2.24, 2.45) is 0 Å². The van der Waals surface area contributed by atoms with Crippen LogP contribution in [0.25, 0.3) is 11.1 Å². The lowest BCUT2D eigenvalue weighted by Gasteiger charge is -2.25. The van der Waals surface area contributed by atoms with Gasteiger partial charge in [-0.15, -0.1) is 11.3 Å². The highest BCUT2D eigenvalue weighted by molar-refractivity contribution is 7.12. The number of likely N-dealkylation sites (tertiary alicyclic amines) is 1. The first-order chi connectivity index (χ1) is 16.3. The van der Waals surface area contributed by atoms with Gasteiger partial charge in [0.25, 0.3) is 5.91 Å². The van der Waals surface area contributed by atoms with Gasteiger partial charge in [0.2, 0.25) is 0 Å². The number of amides is 1. The van der Waals surface area contributed by atoms with Crippen LogP contribution in [0.3, 0.4) is 0 Å². The molecule has 1 unspecified atom stereocenters. The number of benzene rings is 2. The Morgan fingerprint density at radius 1 is 1.09 bits per heavy atom. The summed E-state index contributed by atoms with van der Waals surface area (Å²) < 4.78 is 5.34. The minimum atomic E-state index is 0.0283. The third-order valence-corrected chi connectivity index (χ3v) is 7.47. The van der Waals surface area contributed by atoms with E-state index in [0.29, 0.717) is 0 Å². The van der Waals surface area contributed by atoms with E-state index in [1.807, 2.05) is 35.7 Å². The monoisotopic (exact) mass is 476 g/mol. The summed E-state index contributed by atoms with van der Waals surface area (Å²) in [6.45, 7) is 9.63. The van der Waals surface area contributed by atoms with E-state index in [2.05, 4.69) is 55.3 Å². The Hall–Kier alpha value is -2.63. The minimum absolute atomic E-state index is 0.0283. The Balaban J connectivity index is 1.37. The molecule has 1 atom stereocenters. The van der Waals surface area contributed by atoms with Crippen molar-refractivity contribution in [2.75, 3.05) is 20.2 Å². The quantitative estimate of drug-likeness (QED) is 0.441. The molecule has 2 heterocycles. The normalized spacial score (nSPS) is 17.2. The van der Waals surface area contributed by atoms with E-state index in [9.17, 15) is 4.79 Å². The summed E-state index contributed by atoms with van der Waals surface area (Å²) in [7, 11) is 1.67. The van der Waals surface area contributed by atoms with Crippen molar-refractivity contribution in [3.05, 3.63) is 76.0 Å². The second-order valence-electron chi connectivity index (χ2n) is 10.3. The van der Waals surface area contributed by atoms with E-state index >= 15 is 0 Å². The zero-order valence-electron chi connectivity index (χ0n) is 20.8. The van der Waals surface area contributed by atoms with E-state index in [4.69, 9.17) is 4.74 Å². The summed E-state index contributed by atoms with van der Waals surface area (Å²) in [5.41, 5.74) is 4.98. The number of thiophene rings is 1. The van der Waals surface area contributed by atoms with Crippen LogP contribution in [0, 0.1) is 0 Å². The van der Waals surface area contributed by atoms with E-state index in [1.165, 1.54) is 28.9 Å². The molecular formula is C29H36N2O2S. The summed E-state index contributed by atoms with van der Waals surface area (Å²) in [6.07, 6.45) is 3.34. The zero-order chi connectivity index (χ0) is 24.1. The summed E-state index contributed by atoms with van der Waals surface area (Å²) in [5, 5.41) is 5.36. The predicted octanol–water partition coefficient (Wildman–Crippen LogP) is 6.51. The number of carbonyl (C=O) groups is 1. The number of hydrogen-bond acceptors (Lipinski definition) is 4. The van der Waals surface area contributed by atoms with Gasteiger partial charge in [-0.2, -0.15) is 0 Å². The number of hydrogen-bond donors (Lipinski definition) is 1. The van der Waals surface area contributed by atoms with Crippen molar-refractivity contribution >= 4 is 17.2 Å². The lowest BCUT2D eigenvalue weighted by Crippen LogP contribution is -2.42. The Kier molecular flexibility index (Phi) is 7.74. The second kappa shape index (κ2) is 10.7. The molecule has 0 spiro atoms. The molecule has 1 aromatic heterocycles. The number of nitrogens with one attached hydrogen (secondary N) is 1. The smallest absolute Gasteiger partial charge is 0.261 e. The average molecular weight is 477 g/mol. The highest BCUT2D eigenvalue weighted by atomic mass is 32.1. The second-order valence-corrected chi connectivity index (χ2v) is 11.2.